The largest absolute Gasteiger partial charge is 0.382 e. The highest BCUT2D eigenvalue weighted by Crippen LogP contribution is 2.14. The summed E-state index contributed by atoms with van der Waals surface area (Å²) in [5.41, 5.74) is 1.06. The molecule has 0 aliphatic carbocycles. The van der Waals surface area contributed by atoms with Crippen LogP contribution < -0.4 is 4.18 Å². The van der Waals surface area contributed by atoms with Crippen LogP contribution in [0.5, 0.6) is 5.75 Å². The zero-order chi connectivity index (χ0) is 13.6. The number of hydrogen-bond acceptors (Lipinski definition) is 6. The molecule has 0 aliphatic rings. The van der Waals surface area contributed by atoms with Crippen molar-refractivity contribution in [2.45, 2.75) is 13.3 Å². The van der Waals surface area contributed by atoms with Crippen molar-refractivity contribution in [2.75, 3.05) is 12.4 Å². The molecule has 1 aromatic carbocycles. The Kier molecular flexibility index (Phi) is 5.57. The fourth-order valence-electron chi connectivity index (χ4n) is 1.18. The predicted octanol–water partition coefficient (Wildman–Crippen LogP) is 0.501. The zero-order valence-corrected chi connectivity index (χ0v) is 11.4. The van der Waals surface area contributed by atoms with Gasteiger partial charge >= 0.3 is 10.1 Å². The molecule has 0 fully saturated rings. The van der Waals surface area contributed by atoms with Crippen molar-refractivity contribution in [1.82, 2.24) is 0 Å². The highest BCUT2D eigenvalue weighted by molar-refractivity contribution is 7.87. The number of rotatable bonds is 7. The minimum Gasteiger partial charge on any atom is -0.382 e. The van der Waals surface area contributed by atoms with Gasteiger partial charge in [-0.3, -0.25) is 4.18 Å². The summed E-state index contributed by atoms with van der Waals surface area (Å²) in [5.74, 6) is -0.329. The zero-order valence-electron chi connectivity index (χ0n) is 9.74. The molecular formula is C10H14O6S2. The molecule has 0 aromatic heterocycles. The van der Waals surface area contributed by atoms with E-state index in [1.165, 1.54) is 0 Å². The number of thiol groups is 1. The number of aryl methyl sites for hydroxylation is 1. The van der Waals surface area contributed by atoms with Crippen LogP contribution in [0.2, 0.25) is 0 Å². The van der Waals surface area contributed by atoms with E-state index in [0.29, 0.717) is 0 Å². The van der Waals surface area contributed by atoms with Crippen LogP contribution in [-0.2, 0) is 31.7 Å². The van der Waals surface area contributed by atoms with Crippen molar-refractivity contribution in [3.8, 4) is 5.75 Å². The Morgan fingerprint density at radius 3 is 2.28 bits per heavy atom. The molecule has 0 spiro atoms. The van der Waals surface area contributed by atoms with E-state index in [1.807, 2.05) is 6.92 Å². The summed E-state index contributed by atoms with van der Waals surface area (Å²) in [6.45, 7) is 1.53. The van der Waals surface area contributed by atoms with Crippen LogP contribution >= 0.6 is 0 Å². The second kappa shape index (κ2) is 6.72. The van der Waals surface area contributed by atoms with Crippen molar-refractivity contribution in [2.24, 2.45) is 0 Å². The quantitative estimate of drug-likeness (QED) is 0.582. The third-order valence-electron chi connectivity index (χ3n) is 2.08. The van der Waals surface area contributed by atoms with Gasteiger partial charge in [-0.2, -0.15) is 8.42 Å². The van der Waals surface area contributed by atoms with Crippen LogP contribution in [0.3, 0.4) is 0 Å². The minimum absolute atomic E-state index is 0.193. The second-order valence-corrected chi connectivity index (χ2v) is 5.80. The Morgan fingerprint density at radius 2 is 1.78 bits per heavy atom. The van der Waals surface area contributed by atoms with E-state index < -0.39 is 33.5 Å². The summed E-state index contributed by atoms with van der Waals surface area (Å²) in [7, 11) is -6.88. The maximum atomic E-state index is 11.4. The lowest BCUT2D eigenvalue weighted by molar-refractivity contribution is 0.350. The van der Waals surface area contributed by atoms with Crippen LogP contribution in [0.1, 0.15) is 12.5 Å². The second-order valence-electron chi connectivity index (χ2n) is 3.40. The van der Waals surface area contributed by atoms with Gasteiger partial charge in [-0.15, -0.1) is 0 Å². The molecule has 0 radical (unpaired) electrons. The molecule has 0 amide bonds. The maximum Gasteiger partial charge on any atom is 0.311 e. The van der Waals surface area contributed by atoms with Crippen molar-refractivity contribution < 1.29 is 25.2 Å². The maximum absolute atomic E-state index is 11.4. The monoisotopic (exact) mass is 294 g/mol. The van der Waals surface area contributed by atoms with Gasteiger partial charge in [-0.1, -0.05) is 19.1 Å². The molecule has 1 aromatic rings. The average molecular weight is 294 g/mol. The lowest BCUT2D eigenvalue weighted by Crippen LogP contribution is -2.17. The van der Waals surface area contributed by atoms with E-state index in [0.717, 1.165) is 12.0 Å². The average Bonchev–Trinajstić information content (AvgIpc) is 2.28. The van der Waals surface area contributed by atoms with E-state index >= 15 is 0 Å². The van der Waals surface area contributed by atoms with Gasteiger partial charge in [0.15, 0.2) is 0 Å². The highest BCUT2D eigenvalue weighted by Gasteiger charge is 2.13. The van der Waals surface area contributed by atoms with Gasteiger partial charge in [0.05, 0.1) is 6.61 Å². The Morgan fingerprint density at radius 1 is 1.17 bits per heavy atom. The summed E-state index contributed by atoms with van der Waals surface area (Å²) >= 11 is 0. The van der Waals surface area contributed by atoms with Crippen LogP contribution in [0.25, 0.3) is 0 Å². The van der Waals surface area contributed by atoms with Crippen molar-refractivity contribution in [1.29, 1.82) is 0 Å². The first-order chi connectivity index (χ1) is 8.43. The molecule has 0 bridgehead atoms. The lowest BCUT2D eigenvalue weighted by atomic mass is 10.2. The molecule has 0 aliphatic heterocycles. The van der Waals surface area contributed by atoms with Crippen LogP contribution in [-0.4, -0.2) is 29.2 Å². The molecule has 0 saturated carbocycles. The summed E-state index contributed by atoms with van der Waals surface area (Å²) in [6, 6.07) is 6.61. The minimum atomic E-state index is -3.84. The predicted molar refractivity (Wildman–Crippen MR) is 66.5 cm³/mol. The van der Waals surface area contributed by atoms with E-state index in [9.17, 15) is 16.8 Å². The third kappa shape index (κ3) is 5.48. The van der Waals surface area contributed by atoms with Gasteiger partial charge in [-0.25, -0.2) is 8.42 Å². The molecule has 6 nitrogen and oxygen atoms in total. The van der Waals surface area contributed by atoms with Crippen molar-refractivity contribution in [3.05, 3.63) is 29.8 Å². The van der Waals surface area contributed by atoms with Gasteiger partial charge in [0, 0.05) is 0 Å². The Labute approximate surface area is 108 Å². The first kappa shape index (κ1) is 14.9. The van der Waals surface area contributed by atoms with Gasteiger partial charge in [-0.05, 0) is 24.1 Å². The standard InChI is InChI=1S/C10H14O6S2/c1-2-9-3-5-10(6-4-9)16-18(13,14)8-7-15-17(11)12/h3-6,17H,2,7-8H2,1H3. The molecule has 18 heavy (non-hydrogen) atoms. The van der Waals surface area contributed by atoms with Gasteiger partial charge in [0.25, 0.3) is 11.0 Å². The molecule has 1 rings (SSSR count). The Balaban J connectivity index is 2.58. The van der Waals surface area contributed by atoms with Crippen LogP contribution in [0.4, 0.5) is 0 Å². The summed E-state index contributed by atoms with van der Waals surface area (Å²) in [5, 5.41) is 0. The normalized spacial score (nSPS) is 11.7. The highest BCUT2D eigenvalue weighted by atomic mass is 32.2. The van der Waals surface area contributed by atoms with Crippen molar-refractivity contribution >= 4 is 21.1 Å². The molecule has 0 unspecified atom stereocenters. The first-order valence-electron chi connectivity index (χ1n) is 5.21. The van der Waals surface area contributed by atoms with E-state index in [-0.39, 0.29) is 5.75 Å². The SMILES string of the molecule is CCc1ccc(OS(=O)(=O)CCO[SH](=O)=O)cc1. The van der Waals surface area contributed by atoms with Gasteiger partial charge in [0.2, 0.25) is 0 Å². The molecule has 102 valence electrons. The van der Waals surface area contributed by atoms with Crippen LogP contribution in [0, 0.1) is 0 Å². The van der Waals surface area contributed by atoms with E-state index in [2.05, 4.69) is 4.18 Å². The molecule has 0 N–H and O–H groups in total. The topological polar surface area (TPSA) is 86.7 Å². The molecule has 0 saturated heterocycles. The third-order valence-corrected chi connectivity index (χ3v) is 3.59. The summed E-state index contributed by atoms with van der Waals surface area (Å²) in [4.78, 5) is 0. The number of hydrogen-bond donors (Lipinski definition) is 1. The van der Waals surface area contributed by atoms with Crippen LogP contribution in [0.15, 0.2) is 24.3 Å². The van der Waals surface area contributed by atoms with Gasteiger partial charge in [0.1, 0.15) is 11.5 Å². The summed E-state index contributed by atoms with van der Waals surface area (Å²) in [6.07, 6.45) is 0.845. The Bertz CT molecular complexity index is 536. The molecule has 0 atom stereocenters. The van der Waals surface area contributed by atoms with E-state index in [4.69, 9.17) is 4.18 Å². The smallest absolute Gasteiger partial charge is 0.311 e. The van der Waals surface area contributed by atoms with Gasteiger partial charge < -0.3 is 4.18 Å². The first-order valence-corrected chi connectivity index (χ1v) is 7.88. The molecular weight excluding hydrogens is 280 g/mol. The van der Waals surface area contributed by atoms with E-state index in [1.54, 1.807) is 24.3 Å². The fraction of sp³-hybridized carbons (Fsp3) is 0.400. The number of benzene rings is 1. The molecule has 8 heteroatoms. The lowest BCUT2D eigenvalue weighted by Gasteiger charge is -2.06. The Hall–Kier alpha value is -1.12. The summed E-state index contributed by atoms with van der Waals surface area (Å²) < 4.78 is 52.0. The fourth-order valence-corrected chi connectivity index (χ4v) is 2.32. The molecule has 0 heterocycles. The van der Waals surface area contributed by atoms with Crippen molar-refractivity contribution in [3.63, 3.8) is 0 Å².